The standard InChI is InChI=1S/C21H36N4O3/c1-17(2)15-19(20(26)24-14-8-13-23-12-7-6-11-22)25-21(27)28-16-18-9-4-3-5-10-18/h3-5,9-10,17,19,23H,6-8,11-16,22H2,1-2H3,(H,24,26)(H,25,27)/t19-/m0/s1. The first kappa shape index (κ1) is 23.9. The number of benzene rings is 1. The lowest BCUT2D eigenvalue weighted by Gasteiger charge is -2.20. The van der Waals surface area contributed by atoms with Gasteiger partial charge in [0.05, 0.1) is 0 Å². The van der Waals surface area contributed by atoms with E-state index in [1.165, 1.54) is 0 Å². The second-order valence-corrected chi connectivity index (χ2v) is 7.28. The van der Waals surface area contributed by atoms with Gasteiger partial charge >= 0.3 is 6.09 Å². The van der Waals surface area contributed by atoms with Gasteiger partial charge in [0.2, 0.25) is 5.91 Å². The van der Waals surface area contributed by atoms with Gasteiger partial charge in [0, 0.05) is 6.54 Å². The van der Waals surface area contributed by atoms with Crippen LogP contribution < -0.4 is 21.7 Å². The van der Waals surface area contributed by atoms with E-state index in [0.717, 1.165) is 44.5 Å². The Balaban J connectivity index is 2.31. The molecule has 0 aliphatic carbocycles. The molecule has 158 valence electrons. The van der Waals surface area contributed by atoms with Crippen molar-refractivity contribution in [2.75, 3.05) is 26.2 Å². The summed E-state index contributed by atoms with van der Waals surface area (Å²) in [7, 11) is 0. The van der Waals surface area contributed by atoms with Crippen molar-refractivity contribution < 1.29 is 14.3 Å². The second kappa shape index (κ2) is 14.9. The molecule has 7 nitrogen and oxygen atoms in total. The minimum Gasteiger partial charge on any atom is -0.445 e. The van der Waals surface area contributed by atoms with E-state index in [1.807, 2.05) is 44.2 Å². The molecule has 2 amide bonds. The number of hydrogen-bond donors (Lipinski definition) is 4. The van der Waals surface area contributed by atoms with Crippen molar-refractivity contribution in [1.29, 1.82) is 0 Å². The van der Waals surface area contributed by atoms with Gasteiger partial charge in [-0.1, -0.05) is 44.2 Å². The average Bonchev–Trinajstić information content (AvgIpc) is 2.68. The van der Waals surface area contributed by atoms with Crippen LogP contribution in [0.1, 0.15) is 45.1 Å². The van der Waals surface area contributed by atoms with Crippen LogP contribution in [-0.4, -0.2) is 44.2 Å². The number of hydrogen-bond acceptors (Lipinski definition) is 5. The molecule has 0 aromatic heterocycles. The molecule has 0 saturated carbocycles. The Morgan fingerprint density at radius 2 is 1.75 bits per heavy atom. The fraction of sp³-hybridized carbons (Fsp3) is 0.619. The third-order valence-corrected chi connectivity index (χ3v) is 4.17. The third-order valence-electron chi connectivity index (χ3n) is 4.17. The lowest BCUT2D eigenvalue weighted by atomic mass is 10.0. The highest BCUT2D eigenvalue weighted by Gasteiger charge is 2.22. The van der Waals surface area contributed by atoms with E-state index in [-0.39, 0.29) is 18.4 Å². The Hall–Kier alpha value is -2.12. The molecule has 0 aliphatic heterocycles. The maximum atomic E-state index is 12.4. The van der Waals surface area contributed by atoms with E-state index in [2.05, 4.69) is 16.0 Å². The molecule has 1 rings (SSSR count). The Kier molecular flexibility index (Phi) is 12.7. The number of carbonyl (C=O) groups is 2. The molecule has 0 spiro atoms. The number of unbranched alkanes of at least 4 members (excludes halogenated alkanes) is 1. The summed E-state index contributed by atoms with van der Waals surface area (Å²) in [5.74, 6) is 0.0999. The number of alkyl carbamates (subject to hydrolysis) is 1. The van der Waals surface area contributed by atoms with Crippen molar-refractivity contribution in [3.63, 3.8) is 0 Å². The molecule has 0 heterocycles. The Bertz CT molecular complexity index is 552. The maximum Gasteiger partial charge on any atom is 0.408 e. The van der Waals surface area contributed by atoms with Crippen LogP contribution in [0.4, 0.5) is 4.79 Å². The fourth-order valence-electron chi connectivity index (χ4n) is 2.68. The maximum absolute atomic E-state index is 12.4. The minimum absolute atomic E-state index is 0.173. The highest BCUT2D eigenvalue weighted by atomic mass is 16.5. The van der Waals surface area contributed by atoms with Gasteiger partial charge in [-0.3, -0.25) is 4.79 Å². The van der Waals surface area contributed by atoms with Crippen LogP contribution in [0.3, 0.4) is 0 Å². The van der Waals surface area contributed by atoms with E-state index >= 15 is 0 Å². The molecule has 1 aromatic rings. The highest BCUT2D eigenvalue weighted by molar-refractivity contribution is 5.85. The quantitative estimate of drug-likeness (QED) is 0.363. The van der Waals surface area contributed by atoms with E-state index in [9.17, 15) is 9.59 Å². The molecule has 0 bridgehead atoms. The number of amides is 2. The zero-order chi connectivity index (χ0) is 20.6. The first-order valence-corrected chi connectivity index (χ1v) is 10.2. The van der Waals surface area contributed by atoms with Gasteiger partial charge in [0.15, 0.2) is 0 Å². The van der Waals surface area contributed by atoms with Gasteiger partial charge in [0.25, 0.3) is 0 Å². The molecule has 7 heteroatoms. The van der Waals surface area contributed by atoms with Crippen LogP contribution >= 0.6 is 0 Å². The summed E-state index contributed by atoms with van der Waals surface area (Å²) in [6.07, 6.45) is 2.90. The van der Waals surface area contributed by atoms with Crippen molar-refractivity contribution in [2.45, 2.75) is 52.2 Å². The van der Waals surface area contributed by atoms with Crippen LogP contribution in [0.5, 0.6) is 0 Å². The smallest absolute Gasteiger partial charge is 0.408 e. The van der Waals surface area contributed by atoms with E-state index in [4.69, 9.17) is 10.5 Å². The molecule has 0 aliphatic rings. The molecule has 0 radical (unpaired) electrons. The Labute approximate surface area is 168 Å². The number of rotatable bonds is 14. The summed E-state index contributed by atoms with van der Waals surface area (Å²) in [6, 6.07) is 8.85. The summed E-state index contributed by atoms with van der Waals surface area (Å²) in [6.45, 7) is 7.28. The molecule has 0 unspecified atom stereocenters. The van der Waals surface area contributed by atoms with Crippen molar-refractivity contribution in [3.8, 4) is 0 Å². The molecule has 1 atom stereocenters. The molecule has 1 aromatic carbocycles. The van der Waals surface area contributed by atoms with Crippen molar-refractivity contribution >= 4 is 12.0 Å². The summed E-state index contributed by atoms with van der Waals surface area (Å²) in [5.41, 5.74) is 6.36. The van der Waals surface area contributed by atoms with Gasteiger partial charge < -0.3 is 26.4 Å². The first-order valence-electron chi connectivity index (χ1n) is 10.2. The SMILES string of the molecule is CC(C)C[C@H](NC(=O)OCc1ccccc1)C(=O)NCCCNCCCCN. The van der Waals surface area contributed by atoms with E-state index < -0.39 is 12.1 Å². The van der Waals surface area contributed by atoms with Crippen LogP contribution in [0.25, 0.3) is 0 Å². The van der Waals surface area contributed by atoms with Gasteiger partial charge in [0.1, 0.15) is 12.6 Å². The lowest BCUT2D eigenvalue weighted by molar-refractivity contribution is -0.123. The molecule has 28 heavy (non-hydrogen) atoms. The molecule has 0 fully saturated rings. The average molecular weight is 393 g/mol. The lowest BCUT2D eigenvalue weighted by Crippen LogP contribution is -2.48. The van der Waals surface area contributed by atoms with Crippen LogP contribution in [0.2, 0.25) is 0 Å². The summed E-state index contributed by atoms with van der Waals surface area (Å²) < 4.78 is 5.23. The van der Waals surface area contributed by atoms with Crippen molar-refractivity contribution in [1.82, 2.24) is 16.0 Å². The third kappa shape index (κ3) is 11.6. The Morgan fingerprint density at radius 1 is 1.04 bits per heavy atom. The van der Waals surface area contributed by atoms with Crippen LogP contribution in [-0.2, 0) is 16.1 Å². The monoisotopic (exact) mass is 392 g/mol. The van der Waals surface area contributed by atoms with Gasteiger partial charge in [-0.25, -0.2) is 4.79 Å². The number of carbonyl (C=O) groups excluding carboxylic acids is 2. The van der Waals surface area contributed by atoms with Crippen LogP contribution in [0.15, 0.2) is 30.3 Å². The number of nitrogens with two attached hydrogens (primary N) is 1. The van der Waals surface area contributed by atoms with Crippen LogP contribution in [0, 0.1) is 5.92 Å². The first-order chi connectivity index (χ1) is 13.5. The van der Waals surface area contributed by atoms with E-state index in [0.29, 0.717) is 13.0 Å². The van der Waals surface area contributed by atoms with Gasteiger partial charge in [-0.2, -0.15) is 0 Å². The summed E-state index contributed by atoms with van der Waals surface area (Å²) >= 11 is 0. The number of nitrogens with one attached hydrogen (secondary N) is 3. The predicted octanol–water partition coefficient (Wildman–Crippen LogP) is 2.16. The minimum atomic E-state index is -0.596. The molecular formula is C21H36N4O3. The van der Waals surface area contributed by atoms with Gasteiger partial charge in [-0.15, -0.1) is 0 Å². The number of ether oxygens (including phenoxy) is 1. The fourth-order valence-corrected chi connectivity index (χ4v) is 2.68. The predicted molar refractivity (Wildman–Crippen MR) is 112 cm³/mol. The summed E-state index contributed by atoms with van der Waals surface area (Å²) in [4.78, 5) is 24.5. The molecule has 0 saturated heterocycles. The Morgan fingerprint density at radius 3 is 2.43 bits per heavy atom. The zero-order valence-electron chi connectivity index (χ0n) is 17.2. The van der Waals surface area contributed by atoms with Gasteiger partial charge in [-0.05, 0) is 56.8 Å². The van der Waals surface area contributed by atoms with E-state index in [1.54, 1.807) is 0 Å². The topological polar surface area (TPSA) is 105 Å². The molecule has 5 N–H and O–H groups in total. The molecular weight excluding hydrogens is 356 g/mol. The van der Waals surface area contributed by atoms with Crippen molar-refractivity contribution in [3.05, 3.63) is 35.9 Å². The second-order valence-electron chi connectivity index (χ2n) is 7.28. The zero-order valence-corrected chi connectivity index (χ0v) is 17.2. The normalized spacial score (nSPS) is 11.9. The van der Waals surface area contributed by atoms with Crippen molar-refractivity contribution in [2.24, 2.45) is 11.7 Å². The highest BCUT2D eigenvalue weighted by Crippen LogP contribution is 2.06. The largest absolute Gasteiger partial charge is 0.445 e. The summed E-state index contributed by atoms with van der Waals surface area (Å²) in [5, 5.41) is 8.92.